The van der Waals surface area contributed by atoms with E-state index >= 15 is 0 Å². The zero-order valence-electron chi connectivity index (χ0n) is 13.9. The summed E-state index contributed by atoms with van der Waals surface area (Å²) in [6.07, 6.45) is 6.95. The summed E-state index contributed by atoms with van der Waals surface area (Å²) < 4.78 is 13.7. The molecule has 1 aromatic carbocycles. The van der Waals surface area contributed by atoms with Gasteiger partial charge in [0.1, 0.15) is 11.3 Å². The minimum atomic E-state index is 0.634. The third kappa shape index (κ3) is 2.65. The highest BCUT2D eigenvalue weighted by Crippen LogP contribution is 2.29. The Bertz CT molecular complexity index is 995. The van der Waals surface area contributed by atoms with Gasteiger partial charge in [0.25, 0.3) is 0 Å². The van der Waals surface area contributed by atoms with E-state index in [-0.39, 0.29) is 0 Å². The molecule has 1 aliphatic carbocycles. The van der Waals surface area contributed by atoms with Crippen molar-refractivity contribution in [2.24, 2.45) is 5.92 Å². The Hall–Kier alpha value is -2.82. The summed E-state index contributed by atoms with van der Waals surface area (Å²) in [7, 11) is 0. The molecule has 0 atom stereocenters. The van der Waals surface area contributed by atoms with Crippen LogP contribution in [0.25, 0.3) is 28.1 Å². The maximum atomic E-state index is 5.96. The van der Waals surface area contributed by atoms with Gasteiger partial charge in [-0.15, -0.1) is 5.10 Å². The van der Waals surface area contributed by atoms with Gasteiger partial charge in [0.05, 0.1) is 12.8 Å². The molecule has 25 heavy (non-hydrogen) atoms. The lowest BCUT2D eigenvalue weighted by molar-refractivity contribution is 0.240. The molecule has 0 bridgehead atoms. The van der Waals surface area contributed by atoms with Crippen LogP contribution >= 0.6 is 0 Å². The lowest BCUT2D eigenvalue weighted by Gasteiger charge is -2.10. The van der Waals surface area contributed by atoms with Crippen molar-refractivity contribution >= 4 is 16.6 Å². The number of rotatable bonds is 4. The fourth-order valence-electron chi connectivity index (χ4n) is 3.59. The van der Waals surface area contributed by atoms with E-state index in [9.17, 15) is 0 Å². The van der Waals surface area contributed by atoms with Gasteiger partial charge in [-0.2, -0.15) is 0 Å². The lowest BCUT2D eigenvalue weighted by atomic mass is 10.1. The van der Waals surface area contributed by atoms with E-state index in [1.807, 2.05) is 42.5 Å². The first kappa shape index (κ1) is 14.5. The minimum absolute atomic E-state index is 0.634. The number of imidazole rings is 1. The van der Waals surface area contributed by atoms with E-state index in [4.69, 9.17) is 9.15 Å². The van der Waals surface area contributed by atoms with Crippen molar-refractivity contribution in [3.8, 4) is 17.3 Å². The molecule has 5 heteroatoms. The van der Waals surface area contributed by atoms with Gasteiger partial charge in [-0.25, -0.2) is 9.50 Å². The zero-order chi connectivity index (χ0) is 16.6. The highest BCUT2D eigenvalue weighted by atomic mass is 16.5. The molecule has 0 amide bonds. The Morgan fingerprint density at radius 3 is 2.88 bits per heavy atom. The third-order valence-electron chi connectivity index (χ3n) is 4.96. The summed E-state index contributed by atoms with van der Waals surface area (Å²) in [6, 6.07) is 13.8. The summed E-state index contributed by atoms with van der Waals surface area (Å²) in [5.74, 6) is 2.05. The molecule has 4 aromatic rings. The van der Waals surface area contributed by atoms with Crippen LogP contribution in [-0.2, 0) is 0 Å². The van der Waals surface area contributed by atoms with Crippen molar-refractivity contribution in [1.82, 2.24) is 14.6 Å². The van der Waals surface area contributed by atoms with Crippen LogP contribution in [0.4, 0.5) is 0 Å². The van der Waals surface area contributed by atoms with Crippen molar-refractivity contribution in [2.75, 3.05) is 6.61 Å². The number of benzene rings is 1. The SMILES string of the molecule is c1ccc2oc(-c3cnc4ccc(OCC5CCCC5)nn34)cc2c1. The van der Waals surface area contributed by atoms with Crippen LogP contribution in [0.3, 0.4) is 0 Å². The standard InChI is InChI=1S/C20H19N3O2/c1-2-6-14(5-1)13-24-20-10-9-19-21-12-16(23(19)22-20)18-11-15-7-3-4-8-17(15)25-18/h3-4,7-12,14H,1-2,5-6,13H2. The summed E-state index contributed by atoms with van der Waals surface area (Å²) in [4.78, 5) is 4.43. The second-order valence-corrected chi connectivity index (χ2v) is 6.69. The van der Waals surface area contributed by atoms with Gasteiger partial charge in [0.2, 0.25) is 5.88 Å². The Labute approximate surface area is 145 Å². The molecular weight excluding hydrogens is 314 g/mol. The first-order chi connectivity index (χ1) is 12.4. The summed E-state index contributed by atoms with van der Waals surface area (Å²) in [5.41, 5.74) is 2.47. The fourth-order valence-corrected chi connectivity index (χ4v) is 3.59. The van der Waals surface area contributed by atoms with Crippen molar-refractivity contribution in [3.05, 3.63) is 48.7 Å². The number of nitrogens with zero attached hydrogens (tertiary/aromatic N) is 3. The fraction of sp³-hybridized carbons (Fsp3) is 0.300. The Morgan fingerprint density at radius 2 is 2.00 bits per heavy atom. The summed E-state index contributed by atoms with van der Waals surface area (Å²) in [5, 5.41) is 5.69. The normalized spacial score (nSPS) is 15.4. The first-order valence-electron chi connectivity index (χ1n) is 8.83. The van der Waals surface area contributed by atoms with E-state index in [0.717, 1.165) is 34.7 Å². The highest BCUT2D eigenvalue weighted by molar-refractivity contribution is 5.82. The predicted molar refractivity (Wildman–Crippen MR) is 95.6 cm³/mol. The summed E-state index contributed by atoms with van der Waals surface area (Å²) >= 11 is 0. The molecule has 1 aliphatic rings. The van der Waals surface area contributed by atoms with E-state index in [2.05, 4.69) is 10.1 Å². The van der Waals surface area contributed by atoms with Gasteiger partial charge in [0, 0.05) is 11.5 Å². The second-order valence-electron chi connectivity index (χ2n) is 6.69. The van der Waals surface area contributed by atoms with E-state index < -0.39 is 0 Å². The molecule has 0 N–H and O–H groups in total. The van der Waals surface area contributed by atoms with Gasteiger partial charge < -0.3 is 9.15 Å². The largest absolute Gasteiger partial charge is 0.476 e. The van der Waals surface area contributed by atoms with Gasteiger partial charge in [0.15, 0.2) is 11.4 Å². The second kappa shape index (κ2) is 5.92. The summed E-state index contributed by atoms with van der Waals surface area (Å²) in [6.45, 7) is 0.743. The average Bonchev–Trinajstić information content (AvgIpc) is 3.37. The van der Waals surface area contributed by atoms with Crippen molar-refractivity contribution in [1.29, 1.82) is 0 Å². The van der Waals surface area contributed by atoms with Crippen molar-refractivity contribution in [3.63, 3.8) is 0 Å². The van der Waals surface area contributed by atoms with Gasteiger partial charge >= 0.3 is 0 Å². The van der Waals surface area contributed by atoms with Crippen LogP contribution in [0.1, 0.15) is 25.7 Å². The van der Waals surface area contributed by atoms with E-state index in [1.54, 1.807) is 10.7 Å². The number of ether oxygens (including phenoxy) is 1. The zero-order valence-corrected chi connectivity index (χ0v) is 13.9. The number of hydrogen-bond donors (Lipinski definition) is 0. The molecule has 3 aromatic heterocycles. The topological polar surface area (TPSA) is 52.6 Å². The van der Waals surface area contributed by atoms with Gasteiger partial charge in [-0.3, -0.25) is 0 Å². The number of para-hydroxylation sites is 1. The van der Waals surface area contributed by atoms with Crippen LogP contribution in [0, 0.1) is 5.92 Å². The van der Waals surface area contributed by atoms with Crippen LogP contribution < -0.4 is 4.74 Å². The number of fused-ring (bicyclic) bond motifs is 2. The Balaban J connectivity index is 1.49. The molecule has 0 radical (unpaired) electrons. The average molecular weight is 333 g/mol. The number of aromatic nitrogens is 3. The monoisotopic (exact) mass is 333 g/mol. The third-order valence-corrected chi connectivity index (χ3v) is 4.96. The number of hydrogen-bond acceptors (Lipinski definition) is 4. The molecule has 0 unspecified atom stereocenters. The van der Waals surface area contributed by atoms with Crippen LogP contribution in [0.15, 0.2) is 53.1 Å². The van der Waals surface area contributed by atoms with Crippen LogP contribution in [-0.4, -0.2) is 21.2 Å². The highest BCUT2D eigenvalue weighted by Gasteiger charge is 2.17. The van der Waals surface area contributed by atoms with E-state index in [1.165, 1.54) is 25.7 Å². The lowest BCUT2D eigenvalue weighted by Crippen LogP contribution is -2.10. The quantitative estimate of drug-likeness (QED) is 0.542. The molecule has 0 spiro atoms. The molecule has 5 nitrogen and oxygen atoms in total. The Morgan fingerprint density at radius 1 is 1.12 bits per heavy atom. The minimum Gasteiger partial charge on any atom is -0.476 e. The molecule has 5 rings (SSSR count). The molecule has 0 saturated heterocycles. The van der Waals surface area contributed by atoms with E-state index in [0.29, 0.717) is 11.8 Å². The smallest absolute Gasteiger partial charge is 0.231 e. The Kier molecular flexibility index (Phi) is 3.44. The molecule has 1 fully saturated rings. The first-order valence-corrected chi connectivity index (χ1v) is 8.83. The maximum absolute atomic E-state index is 5.96. The number of furan rings is 1. The van der Waals surface area contributed by atoms with Crippen molar-refractivity contribution < 1.29 is 9.15 Å². The molecular formula is C20H19N3O2. The molecule has 1 saturated carbocycles. The van der Waals surface area contributed by atoms with Crippen molar-refractivity contribution in [2.45, 2.75) is 25.7 Å². The molecule has 3 heterocycles. The van der Waals surface area contributed by atoms with Crippen LogP contribution in [0.5, 0.6) is 5.88 Å². The predicted octanol–water partition coefficient (Wildman–Crippen LogP) is 4.71. The maximum Gasteiger partial charge on any atom is 0.231 e. The van der Waals surface area contributed by atoms with Crippen LogP contribution in [0.2, 0.25) is 0 Å². The molecule has 0 aliphatic heterocycles. The van der Waals surface area contributed by atoms with Gasteiger partial charge in [-0.1, -0.05) is 31.0 Å². The molecule has 126 valence electrons. The van der Waals surface area contributed by atoms with Gasteiger partial charge in [-0.05, 0) is 37.0 Å².